The van der Waals surface area contributed by atoms with E-state index in [2.05, 4.69) is 10.3 Å². The van der Waals surface area contributed by atoms with Crippen LogP contribution >= 0.6 is 23.4 Å². The van der Waals surface area contributed by atoms with Crippen molar-refractivity contribution in [1.82, 2.24) is 10.3 Å². The highest BCUT2D eigenvalue weighted by atomic mass is 35.5. The Kier molecular flexibility index (Phi) is 6.14. The summed E-state index contributed by atoms with van der Waals surface area (Å²) in [4.78, 5) is 17.5. The zero-order valence-electron chi connectivity index (χ0n) is 13.4. The summed E-state index contributed by atoms with van der Waals surface area (Å²) in [5, 5.41) is 3.62. The van der Waals surface area contributed by atoms with Gasteiger partial charge in [-0.05, 0) is 36.4 Å². The van der Waals surface area contributed by atoms with Gasteiger partial charge in [-0.1, -0.05) is 29.8 Å². The van der Waals surface area contributed by atoms with Gasteiger partial charge < -0.3 is 9.73 Å². The lowest BCUT2D eigenvalue weighted by molar-refractivity contribution is -0.120. The molecule has 1 amide bonds. The van der Waals surface area contributed by atoms with Crippen molar-refractivity contribution < 1.29 is 9.21 Å². The highest BCUT2D eigenvalue weighted by Gasteiger charge is 2.10. The Morgan fingerprint density at radius 3 is 2.64 bits per heavy atom. The minimum Gasteiger partial charge on any atom is -0.444 e. The molecule has 0 bridgehead atoms. The number of amides is 1. The van der Waals surface area contributed by atoms with Gasteiger partial charge in [0.05, 0.1) is 12.1 Å². The largest absolute Gasteiger partial charge is 0.444 e. The molecule has 4 nitrogen and oxygen atoms in total. The number of rotatable bonds is 7. The summed E-state index contributed by atoms with van der Waals surface area (Å²) in [5.74, 6) is 1.26. The van der Waals surface area contributed by atoms with Crippen LogP contribution in [-0.2, 0) is 11.2 Å². The van der Waals surface area contributed by atoms with Crippen molar-refractivity contribution in [1.29, 1.82) is 0 Å². The number of thioether (sulfide) groups is 1. The van der Waals surface area contributed by atoms with Crippen LogP contribution in [0.25, 0.3) is 11.5 Å². The molecular weight excluding hydrogens is 356 g/mol. The topological polar surface area (TPSA) is 55.1 Å². The molecular formula is C19H17ClN2O2S. The molecule has 1 aromatic heterocycles. The summed E-state index contributed by atoms with van der Waals surface area (Å²) in [5.41, 5.74) is 1.52. The molecule has 0 spiro atoms. The summed E-state index contributed by atoms with van der Waals surface area (Å²) in [6, 6.07) is 17.3. The third-order valence-corrected chi connectivity index (χ3v) is 4.69. The highest BCUT2D eigenvalue weighted by Crippen LogP contribution is 2.20. The van der Waals surface area contributed by atoms with Gasteiger partial charge in [-0.2, -0.15) is 0 Å². The molecule has 128 valence electrons. The number of nitrogens with zero attached hydrogens (tertiary/aromatic N) is 1. The quantitative estimate of drug-likeness (QED) is 0.492. The number of carbonyl (C=O) groups excluding carboxylic acids is 1. The Morgan fingerprint density at radius 2 is 1.88 bits per heavy atom. The number of nitrogens with one attached hydrogen (secondary N) is 1. The molecule has 0 saturated carbocycles. The fourth-order valence-corrected chi connectivity index (χ4v) is 3.11. The number of carbonyl (C=O) groups is 1. The van der Waals surface area contributed by atoms with E-state index in [1.165, 1.54) is 6.26 Å². The van der Waals surface area contributed by atoms with Gasteiger partial charge in [-0.3, -0.25) is 4.79 Å². The van der Waals surface area contributed by atoms with Gasteiger partial charge in [0.15, 0.2) is 0 Å². The van der Waals surface area contributed by atoms with Crippen molar-refractivity contribution in [2.75, 3.05) is 12.3 Å². The van der Waals surface area contributed by atoms with E-state index in [0.29, 0.717) is 18.1 Å². The molecule has 0 aliphatic carbocycles. The number of oxazole rings is 1. The number of hydrogen-bond acceptors (Lipinski definition) is 4. The predicted octanol–water partition coefficient (Wildman–Crippen LogP) is 4.45. The summed E-state index contributed by atoms with van der Waals surface area (Å²) in [6.07, 6.45) is 1.74. The van der Waals surface area contributed by atoms with Crippen molar-refractivity contribution in [3.8, 4) is 11.5 Å². The van der Waals surface area contributed by atoms with Crippen LogP contribution in [0.15, 0.2) is 70.2 Å². The molecule has 2 aromatic carbocycles. The molecule has 0 aliphatic heterocycles. The molecule has 0 fully saturated rings. The maximum atomic E-state index is 12.0. The highest BCUT2D eigenvalue weighted by molar-refractivity contribution is 7.99. The molecule has 1 N–H and O–H groups in total. The zero-order valence-corrected chi connectivity index (χ0v) is 15.0. The van der Waals surface area contributed by atoms with Crippen LogP contribution in [0.2, 0.25) is 5.02 Å². The second kappa shape index (κ2) is 8.74. The van der Waals surface area contributed by atoms with Crippen LogP contribution in [0, 0.1) is 0 Å². The maximum absolute atomic E-state index is 12.0. The average molecular weight is 373 g/mol. The number of benzene rings is 2. The Hall–Kier alpha value is -2.24. The van der Waals surface area contributed by atoms with E-state index in [9.17, 15) is 4.79 Å². The first-order valence-electron chi connectivity index (χ1n) is 7.85. The normalized spacial score (nSPS) is 10.6. The van der Waals surface area contributed by atoms with Gasteiger partial charge in [0, 0.05) is 27.8 Å². The lowest BCUT2D eigenvalue weighted by Crippen LogP contribution is -2.27. The Morgan fingerprint density at radius 1 is 1.12 bits per heavy atom. The fraction of sp³-hybridized carbons (Fsp3) is 0.158. The van der Waals surface area contributed by atoms with Crippen molar-refractivity contribution in [3.63, 3.8) is 0 Å². The van der Waals surface area contributed by atoms with Gasteiger partial charge in [-0.25, -0.2) is 4.98 Å². The van der Waals surface area contributed by atoms with Gasteiger partial charge >= 0.3 is 0 Å². The molecule has 6 heteroatoms. The second-order valence-electron chi connectivity index (χ2n) is 5.34. The second-order valence-corrected chi connectivity index (χ2v) is 6.94. The first kappa shape index (κ1) is 17.6. The molecule has 1 heterocycles. The smallest absolute Gasteiger partial charge is 0.226 e. The standard InChI is InChI=1S/C19H17ClN2O2S/c20-15-6-8-17(9-7-15)25-11-10-21-18(23)12-16-13-24-19(22-16)14-4-2-1-3-5-14/h1-9,13H,10-12H2,(H,21,23). The van der Waals surface area contributed by atoms with Crippen LogP contribution in [-0.4, -0.2) is 23.2 Å². The molecule has 0 saturated heterocycles. The summed E-state index contributed by atoms with van der Waals surface area (Å²) < 4.78 is 5.44. The third-order valence-electron chi connectivity index (χ3n) is 3.42. The van der Waals surface area contributed by atoms with Crippen LogP contribution in [0.5, 0.6) is 0 Å². The van der Waals surface area contributed by atoms with Crippen LogP contribution < -0.4 is 5.32 Å². The SMILES string of the molecule is O=C(Cc1coc(-c2ccccc2)n1)NCCSc1ccc(Cl)cc1. The van der Waals surface area contributed by atoms with Crippen molar-refractivity contribution in [2.45, 2.75) is 11.3 Å². The van der Waals surface area contributed by atoms with Crippen molar-refractivity contribution in [2.24, 2.45) is 0 Å². The van der Waals surface area contributed by atoms with E-state index in [-0.39, 0.29) is 12.3 Å². The molecule has 0 radical (unpaired) electrons. The van der Waals surface area contributed by atoms with Crippen LogP contribution in [0.1, 0.15) is 5.69 Å². The van der Waals surface area contributed by atoms with E-state index in [0.717, 1.165) is 21.2 Å². The maximum Gasteiger partial charge on any atom is 0.226 e. The monoisotopic (exact) mass is 372 g/mol. The van der Waals surface area contributed by atoms with E-state index in [1.807, 2.05) is 54.6 Å². The minimum absolute atomic E-state index is 0.0652. The molecule has 0 aliphatic rings. The van der Waals surface area contributed by atoms with Crippen LogP contribution in [0.4, 0.5) is 0 Å². The minimum atomic E-state index is -0.0652. The first-order chi connectivity index (χ1) is 12.2. The van der Waals surface area contributed by atoms with Gasteiger partial charge in [-0.15, -0.1) is 11.8 Å². The third kappa shape index (κ3) is 5.37. The van der Waals surface area contributed by atoms with E-state index >= 15 is 0 Å². The van der Waals surface area contributed by atoms with E-state index in [1.54, 1.807) is 11.8 Å². The summed E-state index contributed by atoms with van der Waals surface area (Å²) in [6.45, 7) is 0.593. The molecule has 3 rings (SSSR count). The van der Waals surface area contributed by atoms with Crippen molar-refractivity contribution in [3.05, 3.63) is 71.6 Å². The molecule has 3 aromatic rings. The Labute approximate surface area is 155 Å². The van der Waals surface area contributed by atoms with Gasteiger partial charge in [0.25, 0.3) is 0 Å². The van der Waals surface area contributed by atoms with E-state index < -0.39 is 0 Å². The zero-order chi connectivity index (χ0) is 17.5. The summed E-state index contributed by atoms with van der Waals surface area (Å²) in [7, 11) is 0. The fourth-order valence-electron chi connectivity index (χ4n) is 2.22. The average Bonchev–Trinajstić information content (AvgIpc) is 3.09. The lowest BCUT2D eigenvalue weighted by Gasteiger charge is -2.04. The Balaban J connectivity index is 1.42. The molecule has 0 atom stereocenters. The number of halogens is 1. The predicted molar refractivity (Wildman–Crippen MR) is 101 cm³/mol. The van der Waals surface area contributed by atoms with Crippen molar-refractivity contribution >= 4 is 29.3 Å². The van der Waals surface area contributed by atoms with Crippen LogP contribution in [0.3, 0.4) is 0 Å². The molecule has 0 unspecified atom stereocenters. The lowest BCUT2D eigenvalue weighted by atomic mass is 10.2. The van der Waals surface area contributed by atoms with E-state index in [4.69, 9.17) is 16.0 Å². The number of aromatic nitrogens is 1. The Bertz CT molecular complexity index is 819. The summed E-state index contributed by atoms with van der Waals surface area (Å²) >= 11 is 7.52. The van der Waals surface area contributed by atoms with Gasteiger partial charge in [0.2, 0.25) is 11.8 Å². The molecule has 25 heavy (non-hydrogen) atoms. The first-order valence-corrected chi connectivity index (χ1v) is 9.22. The van der Waals surface area contributed by atoms with Gasteiger partial charge in [0.1, 0.15) is 6.26 Å². The number of hydrogen-bond donors (Lipinski definition) is 1.